The Morgan fingerprint density at radius 3 is 2.60 bits per heavy atom. The normalized spacial score (nSPS) is 11.0. The second-order valence-corrected chi connectivity index (χ2v) is 5.63. The van der Waals surface area contributed by atoms with E-state index in [0.717, 1.165) is 12.4 Å². The summed E-state index contributed by atoms with van der Waals surface area (Å²) >= 11 is 0. The second kappa shape index (κ2) is 6.59. The number of nitro groups is 1. The number of carboxylic acids is 1. The van der Waals surface area contributed by atoms with E-state index in [1.54, 1.807) is 13.8 Å². The zero-order valence-electron chi connectivity index (χ0n) is 13.7. The molecule has 0 aliphatic heterocycles. The molecule has 0 bridgehead atoms. The molecule has 0 atom stereocenters. The Kier molecular flexibility index (Phi) is 4.72. The first-order valence-corrected chi connectivity index (χ1v) is 7.09. The van der Waals surface area contributed by atoms with Crippen molar-refractivity contribution in [2.45, 2.75) is 19.4 Å². The summed E-state index contributed by atoms with van der Waals surface area (Å²) in [6, 6.07) is 4.11. The molecule has 10 heteroatoms. The lowest BCUT2D eigenvalue weighted by Gasteiger charge is -2.24. The van der Waals surface area contributed by atoms with E-state index in [1.165, 1.54) is 30.0 Å². The predicted octanol–water partition coefficient (Wildman–Crippen LogP) is 1.87. The summed E-state index contributed by atoms with van der Waals surface area (Å²) in [5.41, 5.74) is -1.16. The van der Waals surface area contributed by atoms with Crippen LogP contribution >= 0.6 is 0 Å². The highest BCUT2D eigenvalue weighted by atomic mass is 16.6. The number of aromatic carboxylic acids is 1. The summed E-state index contributed by atoms with van der Waals surface area (Å²) < 4.78 is 6.19. The Morgan fingerprint density at radius 1 is 1.40 bits per heavy atom. The number of nitrogens with zero attached hydrogens (tertiary/aromatic N) is 3. The minimum Gasteiger partial charge on any atom is -0.496 e. The molecule has 0 radical (unpaired) electrons. The van der Waals surface area contributed by atoms with Crippen molar-refractivity contribution >= 4 is 23.3 Å². The van der Waals surface area contributed by atoms with E-state index >= 15 is 0 Å². The predicted molar refractivity (Wildman–Crippen MR) is 86.8 cm³/mol. The van der Waals surface area contributed by atoms with Gasteiger partial charge in [0.05, 0.1) is 12.0 Å². The third-order valence-corrected chi connectivity index (χ3v) is 3.60. The quantitative estimate of drug-likeness (QED) is 0.600. The lowest BCUT2D eigenvalue weighted by Crippen LogP contribution is -2.40. The molecular formula is C15H16N4O6. The first-order chi connectivity index (χ1) is 11.7. The number of rotatable bonds is 6. The molecule has 0 aliphatic rings. The van der Waals surface area contributed by atoms with Gasteiger partial charge in [-0.2, -0.15) is 5.10 Å². The molecule has 2 rings (SSSR count). The van der Waals surface area contributed by atoms with Gasteiger partial charge in [-0.25, -0.2) is 4.79 Å². The Labute approximate surface area is 142 Å². The average molecular weight is 348 g/mol. The molecule has 0 aliphatic carbocycles. The van der Waals surface area contributed by atoms with Crippen LogP contribution in [0.2, 0.25) is 0 Å². The largest absolute Gasteiger partial charge is 0.496 e. The van der Waals surface area contributed by atoms with Crippen molar-refractivity contribution in [3.05, 3.63) is 46.3 Å². The van der Waals surface area contributed by atoms with Crippen LogP contribution in [0.4, 0.5) is 11.4 Å². The van der Waals surface area contributed by atoms with Crippen molar-refractivity contribution in [3.63, 3.8) is 0 Å². The molecule has 0 fully saturated rings. The number of hydrogen-bond acceptors (Lipinski definition) is 6. The Hall–Kier alpha value is -3.43. The zero-order valence-corrected chi connectivity index (χ0v) is 13.7. The van der Waals surface area contributed by atoms with Gasteiger partial charge in [0.2, 0.25) is 0 Å². The molecular weight excluding hydrogens is 332 g/mol. The van der Waals surface area contributed by atoms with Gasteiger partial charge >= 0.3 is 11.7 Å². The van der Waals surface area contributed by atoms with Crippen molar-refractivity contribution in [1.82, 2.24) is 9.78 Å². The first-order valence-electron chi connectivity index (χ1n) is 7.09. The van der Waals surface area contributed by atoms with Crippen molar-refractivity contribution in [1.29, 1.82) is 0 Å². The maximum Gasteiger partial charge on any atom is 0.339 e. The summed E-state index contributed by atoms with van der Waals surface area (Å²) in [6.07, 6.45) is 2.22. The van der Waals surface area contributed by atoms with E-state index in [0.29, 0.717) is 5.69 Å². The number of carbonyl (C=O) groups excluding carboxylic acids is 1. The highest BCUT2D eigenvalue weighted by Gasteiger charge is 2.32. The van der Waals surface area contributed by atoms with E-state index in [2.05, 4.69) is 10.4 Å². The molecule has 0 saturated heterocycles. The maximum absolute atomic E-state index is 12.5. The smallest absolute Gasteiger partial charge is 0.339 e. The lowest BCUT2D eigenvalue weighted by molar-refractivity contribution is -0.385. The van der Waals surface area contributed by atoms with Gasteiger partial charge in [0.15, 0.2) is 0 Å². The number of amides is 1. The third kappa shape index (κ3) is 3.57. The number of nitrogens with one attached hydrogen (secondary N) is 1. The summed E-state index contributed by atoms with van der Waals surface area (Å²) in [4.78, 5) is 33.8. The van der Waals surface area contributed by atoms with Gasteiger partial charge < -0.3 is 15.2 Å². The van der Waals surface area contributed by atoms with Gasteiger partial charge in [-0.05, 0) is 26.0 Å². The molecule has 1 heterocycles. The van der Waals surface area contributed by atoms with E-state index < -0.39 is 22.3 Å². The van der Waals surface area contributed by atoms with Crippen LogP contribution in [0.5, 0.6) is 5.75 Å². The maximum atomic E-state index is 12.5. The highest BCUT2D eigenvalue weighted by Crippen LogP contribution is 2.25. The van der Waals surface area contributed by atoms with Crippen LogP contribution in [0.3, 0.4) is 0 Å². The van der Waals surface area contributed by atoms with Crippen LogP contribution in [0.25, 0.3) is 0 Å². The second-order valence-electron chi connectivity index (χ2n) is 5.63. The summed E-state index contributed by atoms with van der Waals surface area (Å²) in [5.74, 6) is -1.55. The van der Waals surface area contributed by atoms with E-state index in [1.807, 2.05) is 0 Å². The number of benzene rings is 1. The fourth-order valence-electron chi connectivity index (χ4n) is 2.05. The molecule has 2 aromatic rings. The van der Waals surface area contributed by atoms with Crippen LogP contribution in [-0.4, -0.2) is 38.8 Å². The fourth-order valence-corrected chi connectivity index (χ4v) is 2.05. The molecule has 10 nitrogen and oxygen atoms in total. The van der Waals surface area contributed by atoms with Crippen LogP contribution in [0, 0.1) is 10.1 Å². The van der Waals surface area contributed by atoms with Crippen molar-refractivity contribution in [2.75, 3.05) is 12.4 Å². The molecule has 1 aromatic heterocycles. The molecule has 0 saturated carbocycles. The molecule has 1 aromatic carbocycles. The van der Waals surface area contributed by atoms with Gasteiger partial charge in [-0.15, -0.1) is 0 Å². The van der Waals surface area contributed by atoms with Gasteiger partial charge in [-0.3, -0.25) is 19.6 Å². The highest BCUT2D eigenvalue weighted by molar-refractivity contribution is 5.97. The average Bonchev–Trinajstić information content (AvgIpc) is 3.05. The van der Waals surface area contributed by atoms with Gasteiger partial charge in [0.1, 0.15) is 29.2 Å². The number of aromatic nitrogens is 2. The lowest BCUT2D eigenvalue weighted by atomic mass is 10.0. The van der Waals surface area contributed by atoms with E-state index in [-0.39, 0.29) is 17.0 Å². The number of methoxy groups -OCH3 is 1. The number of hydrogen-bond donors (Lipinski definition) is 2. The molecule has 1 amide bonds. The first kappa shape index (κ1) is 17.9. The van der Waals surface area contributed by atoms with Gasteiger partial charge in [0.25, 0.3) is 5.91 Å². The molecule has 132 valence electrons. The molecule has 2 N–H and O–H groups in total. The fraction of sp³-hybridized carbons (Fsp3) is 0.267. The van der Waals surface area contributed by atoms with Crippen molar-refractivity contribution < 1.29 is 24.4 Å². The SMILES string of the molecule is COc1cc(NC(=O)C(C)(C)n2cc([N+](=O)[O-])cn2)ccc1C(=O)O. The van der Waals surface area contributed by atoms with Crippen LogP contribution in [0.1, 0.15) is 24.2 Å². The molecule has 0 spiro atoms. The van der Waals surface area contributed by atoms with Gasteiger partial charge in [0, 0.05) is 11.8 Å². The third-order valence-electron chi connectivity index (χ3n) is 3.60. The molecule has 25 heavy (non-hydrogen) atoms. The van der Waals surface area contributed by atoms with E-state index in [9.17, 15) is 19.7 Å². The monoisotopic (exact) mass is 348 g/mol. The zero-order chi connectivity index (χ0) is 18.8. The molecule has 0 unspecified atom stereocenters. The van der Waals surface area contributed by atoms with Crippen LogP contribution in [0.15, 0.2) is 30.6 Å². The Balaban J connectivity index is 2.25. The minimum atomic E-state index is -1.22. The number of carboxylic acid groups (broad SMARTS) is 1. The standard InChI is InChI=1S/C15H16N4O6/c1-15(2,18-8-10(7-16-18)19(23)24)14(22)17-9-4-5-11(13(20)21)12(6-9)25-3/h4-8H,1-3H3,(H,17,22)(H,20,21). The topological polar surface area (TPSA) is 137 Å². The summed E-state index contributed by atoms with van der Waals surface area (Å²) in [6.45, 7) is 3.09. The Bertz CT molecular complexity index is 842. The number of anilines is 1. The van der Waals surface area contributed by atoms with Crippen molar-refractivity contribution in [2.24, 2.45) is 0 Å². The van der Waals surface area contributed by atoms with Crippen molar-refractivity contribution in [3.8, 4) is 5.75 Å². The van der Waals surface area contributed by atoms with Crippen LogP contribution in [-0.2, 0) is 10.3 Å². The number of ether oxygens (including phenoxy) is 1. The van der Waals surface area contributed by atoms with Crippen LogP contribution < -0.4 is 10.1 Å². The number of carbonyl (C=O) groups is 2. The summed E-state index contributed by atoms with van der Waals surface area (Å²) in [5, 5.41) is 26.3. The Morgan fingerprint density at radius 2 is 2.08 bits per heavy atom. The minimum absolute atomic E-state index is 0.0394. The summed E-state index contributed by atoms with van der Waals surface area (Å²) in [7, 11) is 1.32. The van der Waals surface area contributed by atoms with Gasteiger partial charge in [-0.1, -0.05) is 0 Å². The van der Waals surface area contributed by atoms with E-state index in [4.69, 9.17) is 9.84 Å².